The quantitative estimate of drug-likeness (QED) is 0.697. The van der Waals surface area contributed by atoms with E-state index in [2.05, 4.69) is 18.7 Å². The summed E-state index contributed by atoms with van der Waals surface area (Å²) in [5.74, 6) is -1.31. The molecule has 5 heteroatoms. The van der Waals surface area contributed by atoms with E-state index in [0.29, 0.717) is 19.1 Å². The number of carboxylic acids is 1. The van der Waals surface area contributed by atoms with Crippen LogP contribution in [0.2, 0.25) is 0 Å². The zero-order chi connectivity index (χ0) is 12.1. The van der Waals surface area contributed by atoms with Crippen LogP contribution in [0.1, 0.15) is 13.8 Å². The third-order valence-corrected chi connectivity index (χ3v) is 2.72. The maximum absolute atomic E-state index is 11.5. The first-order chi connectivity index (χ1) is 7.50. The van der Waals surface area contributed by atoms with E-state index >= 15 is 0 Å². The van der Waals surface area contributed by atoms with Gasteiger partial charge in [-0.25, -0.2) is 4.79 Å². The molecular formula is C11H18N2O3. The third-order valence-electron chi connectivity index (χ3n) is 2.72. The molecule has 1 rings (SSSR count). The number of rotatable bonds is 3. The van der Waals surface area contributed by atoms with Crippen molar-refractivity contribution in [3.63, 3.8) is 0 Å². The zero-order valence-electron chi connectivity index (χ0n) is 9.72. The molecule has 0 aromatic rings. The first-order valence-corrected chi connectivity index (χ1v) is 5.44. The molecule has 0 spiro atoms. The zero-order valence-corrected chi connectivity index (χ0v) is 9.72. The second-order valence-corrected chi connectivity index (χ2v) is 4.13. The molecule has 0 aromatic carbocycles. The minimum absolute atomic E-state index is 0.217. The van der Waals surface area contributed by atoms with E-state index in [4.69, 9.17) is 5.11 Å². The van der Waals surface area contributed by atoms with Crippen molar-refractivity contribution in [3.05, 3.63) is 12.2 Å². The molecule has 1 heterocycles. The topological polar surface area (TPSA) is 60.9 Å². The van der Waals surface area contributed by atoms with Gasteiger partial charge in [-0.3, -0.25) is 9.69 Å². The average Bonchev–Trinajstić information content (AvgIpc) is 2.26. The predicted molar refractivity (Wildman–Crippen MR) is 60.1 cm³/mol. The standard InChI is InChI=1S/C11H18N2O3/c1-9(2)12-5-7-13(8-6-12)10(14)3-4-11(15)16/h3-4,9H,5-8H2,1-2H3,(H,15,16)/b4-3+. The second-order valence-electron chi connectivity index (χ2n) is 4.13. The summed E-state index contributed by atoms with van der Waals surface area (Å²) in [6, 6.07) is 0.492. The lowest BCUT2D eigenvalue weighted by Gasteiger charge is -2.36. The molecule has 0 saturated carbocycles. The van der Waals surface area contributed by atoms with Gasteiger partial charge in [0.2, 0.25) is 5.91 Å². The molecule has 16 heavy (non-hydrogen) atoms. The molecule has 1 fully saturated rings. The Labute approximate surface area is 95.3 Å². The number of hydrogen-bond donors (Lipinski definition) is 1. The van der Waals surface area contributed by atoms with E-state index < -0.39 is 5.97 Å². The summed E-state index contributed by atoms with van der Waals surface area (Å²) >= 11 is 0. The Hall–Kier alpha value is -1.36. The number of nitrogens with zero attached hydrogens (tertiary/aromatic N) is 2. The van der Waals surface area contributed by atoms with E-state index in [0.717, 1.165) is 25.2 Å². The first kappa shape index (κ1) is 12.7. The van der Waals surface area contributed by atoms with Gasteiger partial charge in [0.05, 0.1) is 0 Å². The number of carbonyl (C=O) groups excluding carboxylic acids is 1. The molecule has 0 atom stereocenters. The fourth-order valence-corrected chi connectivity index (χ4v) is 1.71. The van der Waals surface area contributed by atoms with Gasteiger partial charge in [-0.05, 0) is 13.8 Å². The molecule has 0 radical (unpaired) electrons. The van der Waals surface area contributed by atoms with Crippen LogP contribution in [0.4, 0.5) is 0 Å². The summed E-state index contributed by atoms with van der Waals surface area (Å²) in [6.07, 6.45) is 2.00. The van der Waals surface area contributed by atoms with Gasteiger partial charge in [-0.1, -0.05) is 0 Å². The van der Waals surface area contributed by atoms with E-state index in [1.165, 1.54) is 0 Å². The van der Waals surface area contributed by atoms with Crippen molar-refractivity contribution in [2.75, 3.05) is 26.2 Å². The third kappa shape index (κ3) is 3.66. The Bertz CT molecular complexity index is 292. The fraction of sp³-hybridized carbons (Fsp3) is 0.636. The molecule has 1 saturated heterocycles. The molecule has 1 amide bonds. The number of carboxylic acid groups (broad SMARTS) is 1. The Morgan fingerprint density at radius 1 is 1.12 bits per heavy atom. The van der Waals surface area contributed by atoms with Crippen molar-refractivity contribution >= 4 is 11.9 Å². The highest BCUT2D eigenvalue weighted by molar-refractivity contribution is 5.93. The van der Waals surface area contributed by atoms with Gasteiger partial charge >= 0.3 is 5.97 Å². The van der Waals surface area contributed by atoms with Crippen LogP contribution in [-0.2, 0) is 9.59 Å². The second kappa shape index (κ2) is 5.65. The summed E-state index contributed by atoms with van der Waals surface area (Å²) in [5, 5.41) is 8.41. The maximum Gasteiger partial charge on any atom is 0.328 e. The monoisotopic (exact) mass is 226 g/mol. The van der Waals surface area contributed by atoms with Crippen LogP contribution >= 0.6 is 0 Å². The number of hydrogen-bond acceptors (Lipinski definition) is 3. The van der Waals surface area contributed by atoms with E-state index in [1.54, 1.807) is 4.90 Å². The molecule has 90 valence electrons. The summed E-state index contributed by atoms with van der Waals surface area (Å²) < 4.78 is 0. The van der Waals surface area contributed by atoms with Gasteiger partial charge in [-0.2, -0.15) is 0 Å². The van der Waals surface area contributed by atoms with Crippen LogP contribution in [0, 0.1) is 0 Å². The minimum Gasteiger partial charge on any atom is -0.478 e. The lowest BCUT2D eigenvalue weighted by molar-refractivity contribution is -0.132. The largest absolute Gasteiger partial charge is 0.478 e. The smallest absolute Gasteiger partial charge is 0.328 e. The molecule has 0 aliphatic carbocycles. The Morgan fingerprint density at radius 2 is 1.69 bits per heavy atom. The average molecular weight is 226 g/mol. The fourth-order valence-electron chi connectivity index (χ4n) is 1.71. The van der Waals surface area contributed by atoms with Crippen molar-refractivity contribution in [1.82, 2.24) is 9.80 Å². The highest BCUT2D eigenvalue weighted by Gasteiger charge is 2.20. The highest BCUT2D eigenvalue weighted by atomic mass is 16.4. The molecule has 0 unspecified atom stereocenters. The maximum atomic E-state index is 11.5. The first-order valence-electron chi connectivity index (χ1n) is 5.44. The molecular weight excluding hydrogens is 208 g/mol. The van der Waals surface area contributed by atoms with Gasteiger partial charge < -0.3 is 10.0 Å². The summed E-state index contributed by atoms with van der Waals surface area (Å²) in [5.41, 5.74) is 0. The Morgan fingerprint density at radius 3 is 2.12 bits per heavy atom. The van der Waals surface area contributed by atoms with Crippen molar-refractivity contribution in [2.24, 2.45) is 0 Å². The van der Waals surface area contributed by atoms with Crippen LogP contribution in [0.3, 0.4) is 0 Å². The van der Waals surface area contributed by atoms with Gasteiger partial charge in [0.15, 0.2) is 0 Å². The number of carbonyl (C=O) groups is 2. The van der Waals surface area contributed by atoms with Crippen LogP contribution in [0.15, 0.2) is 12.2 Å². The molecule has 0 aromatic heterocycles. The van der Waals surface area contributed by atoms with Crippen LogP contribution < -0.4 is 0 Å². The van der Waals surface area contributed by atoms with Crippen molar-refractivity contribution < 1.29 is 14.7 Å². The van der Waals surface area contributed by atoms with Gasteiger partial charge in [-0.15, -0.1) is 0 Å². The Balaban J connectivity index is 2.42. The molecule has 0 bridgehead atoms. The van der Waals surface area contributed by atoms with Crippen LogP contribution in [0.25, 0.3) is 0 Å². The van der Waals surface area contributed by atoms with Crippen LogP contribution in [0.5, 0.6) is 0 Å². The lowest BCUT2D eigenvalue weighted by Crippen LogP contribution is -2.50. The predicted octanol–water partition coefficient (Wildman–Crippen LogP) is 0.180. The molecule has 1 aliphatic rings. The molecule has 1 aliphatic heterocycles. The van der Waals surface area contributed by atoms with Gasteiger partial charge in [0, 0.05) is 44.4 Å². The number of aliphatic carboxylic acids is 1. The summed E-state index contributed by atoms with van der Waals surface area (Å²) in [4.78, 5) is 25.8. The van der Waals surface area contributed by atoms with Crippen molar-refractivity contribution in [3.8, 4) is 0 Å². The number of piperazine rings is 1. The van der Waals surface area contributed by atoms with Crippen LogP contribution in [-0.4, -0.2) is 59.0 Å². The normalized spacial score (nSPS) is 18.3. The van der Waals surface area contributed by atoms with Gasteiger partial charge in [0.1, 0.15) is 0 Å². The Kier molecular flexibility index (Phi) is 4.49. The van der Waals surface area contributed by atoms with Crippen molar-refractivity contribution in [1.29, 1.82) is 0 Å². The van der Waals surface area contributed by atoms with Crippen molar-refractivity contribution in [2.45, 2.75) is 19.9 Å². The summed E-state index contributed by atoms with van der Waals surface area (Å²) in [6.45, 7) is 7.29. The minimum atomic E-state index is -1.09. The van der Waals surface area contributed by atoms with E-state index in [-0.39, 0.29) is 5.91 Å². The molecule has 5 nitrogen and oxygen atoms in total. The van der Waals surface area contributed by atoms with E-state index in [9.17, 15) is 9.59 Å². The lowest BCUT2D eigenvalue weighted by atomic mass is 10.2. The molecule has 1 N–H and O–H groups in total. The van der Waals surface area contributed by atoms with Gasteiger partial charge in [0.25, 0.3) is 0 Å². The summed E-state index contributed by atoms with van der Waals surface area (Å²) in [7, 11) is 0. The SMILES string of the molecule is CC(C)N1CCN(C(=O)/C=C/C(=O)O)CC1. The highest BCUT2D eigenvalue weighted by Crippen LogP contribution is 2.06. The van der Waals surface area contributed by atoms with E-state index in [1.807, 2.05) is 0 Å². The number of amides is 1.